The second-order valence-electron chi connectivity index (χ2n) is 9.83. The first-order chi connectivity index (χ1) is 16.1. The number of esters is 1. The zero-order chi connectivity index (χ0) is 24.6. The number of benzene rings is 1. The van der Waals surface area contributed by atoms with Crippen LogP contribution in [0.3, 0.4) is 0 Å². The van der Waals surface area contributed by atoms with E-state index in [0.717, 1.165) is 0 Å². The van der Waals surface area contributed by atoms with Crippen LogP contribution >= 0.6 is 0 Å². The second kappa shape index (κ2) is 9.16. The largest absolute Gasteiger partial charge is 0.466 e. The van der Waals surface area contributed by atoms with E-state index < -0.39 is 28.6 Å². The van der Waals surface area contributed by atoms with Crippen LogP contribution in [-0.2, 0) is 16.0 Å². The van der Waals surface area contributed by atoms with Crippen LogP contribution < -0.4 is 5.56 Å². The number of halogens is 1. The van der Waals surface area contributed by atoms with Gasteiger partial charge in [0.05, 0.1) is 12.5 Å². The molecule has 1 aliphatic carbocycles. The zero-order valence-electron chi connectivity index (χ0n) is 19.7. The molecule has 1 saturated heterocycles. The molecule has 180 valence electrons. The second-order valence-corrected chi connectivity index (χ2v) is 9.83. The minimum absolute atomic E-state index is 0.0486. The Labute approximate surface area is 197 Å². The molecular formula is C26H29FN2O5. The highest BCUT2D eigenvalue weighted by Gasteiger charge is 2.38. The van der Waals surface area contributed by atoms with Crippen LogP contribution in [0.4, 0.5) is 4.39 Å². The maximum absolute atomic E-state index is 13.8. The number of rotatable bonds is 4. The molecular weight excluding hydrogens is 439 g/mol. The maximum atomic E-state index is 13.8. The lowest BCUT2D eigenvalue weighted by molar-refractivity contribution is -0.149. The smallest absolute Gasteiger partial charge is 0.310 e. The van der Waals surface area contributed by atoms with Gasteiger partial charge >= 0.3 is 5.97 Å². The normalized spacial score (nSPS) is 19.5. The molecule has 0 saturated carbocycles. The molecule has 1 aromatic heterocycles. The summed E-state index contributed by atoms with van der Waals surface area (Å²) in [4.78, 5) is 54.3. The zero-order valence-corrected chi connectivity index (χ0v) is 19.7. The van der Waals surface area contributed by atoms with Crippen molar-refractivity contribution in [1.82, 2.24) is 9.47 Å². The first kappa shape index (κ1) is 23.9. The molecule has 7 nitrogen and oxygen atoms in total. The summed E-state index contributed by atoms with van der Waals surface area (Å²) in [6.45, 7) is 6.43. The third-order valence-electron chi connectivity index (χ3n) is 6.56. The molecule has 1 aliphatic heterocycles. The Hall–Kier alpha value is -3.29. The summed E-state index contributed by atoms with van der Waals surface area (Å²) in [5.41, 5.74) is 0.150. The number of carbonyl (C=O) groups is 3. The predicted octanol–water partition coefficient (Wildman–Crippen LogP) is 3.55. The van der Waals surface area contributed by atoms with Crippen molar-refractivity contribution < 1.29 is 23.5 Å². The summed E-state index contributed by atoms with van der Waals surface area (Å²) >= 11 is 0. The standard InChI is InChI=1S/C26H29FN2O5/c1-4-34-25(33)16-6-5-11-28(14-16)23(31)22-19-12-26(2,3)13-21(30)20(19)15-29(24(22)32)18-9-7-17(27)8-10-18/h7-10,15-16H,4-6,11-14H2,1-3H3. The molecule has 0 radical (unpaired) electrons. The van der Waals surface area contributed by atoms with Gasteiger partial charge in [-0.15, -0.1) is 0 Å². The average molecular weight is 469 g/mol. The first-order valence-corrected chi connectivity index (χ1v) is 11.6. The van der Waals surface area contributed by atoms with E-state index in [-0.39, 0.29) is 30.5 Å². The van der Waals surface area contributed by atoms with Crippen molar-refractivity contribution in [3.8, 4) is 5.69 Å². The number of amides is 1. The lowest BCUT2D eigenvalue weighted by Gasteiger charge is -2.34. The lowest BCUT2D eigenvalue weighted by Crippen LogP contribution is -2.46. The van der Waals surface area contributed by atoms with Gasteiger partial charge in [-0.05, 0) is 61.4 Å². The first-order valence-electron chi connectivity index (χ1n) is 11.6. The molecule has 1 unspecified atom stereocenters. The van der Waals surface area contributed by atoms with Crippen molar-refractivity contribution >= 4 is 17.7 Å². The number of hydrogen-bond acceptors (Lipinski definition) is 5. The van der Waals surface area contributed by atoms with E-state index in [0.29, 0.717) is 49.0 Å². The van der Waals surface area contributed by atoms with E-state index in [2.05, 4.69) is 0 Å². The number of carbonyl (C=O) groups excluding carboxylic acids is 3. The lowest BCUT2D eigenvalue weighted by atomic mass is 9.73. The molecule has 2 heterocycles. The Morgan fingerprint density at radius 3 is 2.53 bits per heavy atom. The highest BCUT2D eigenvalue weighted by Crippen LogP contribution is 2.36. The van der Waals surface area contributed by atoms with Crippen molar-refractivity contribution in [2.75, 3.05) is 19.7 Å². The van der Waals surface area contributed by atoms with Crippen molar-refractivity contribution in [3.63, 3.8) is 0 Å². The number of piperidine rings is 1. The summed E-state index contributed by atoms with van der Waals surface area (Å²) in [6.07, 6.45) is 3.40. The molecule has 1 aromatic carbocycles. The van der Waals surface area contributed by atoms with Gasteiger partial charge in [-0.25, -0.2) is 4.39 Å². The van der Waals surface area contributed by atoms with E-state index in [9.17, 15) is 23.6 Å². The van der Waals surface area contributed by atoms with Crippen LogP contribution in [0.15, 0.2) is 35.3 Å². The number of pyridine rings is 1. The van der Waals surface area contributed by atoms with E-state index >= 15 is 0 Å². The fraction of sp³-hybridized carbons (Fsp3) is 0.462. The highest BCUT2D eigenvalue weighted by atomic mass is 19.1. The van der Waals surface area contributed by atoms with Crippen molar-refractivity contribution in [2.24, 2.45) is 11.3 Å². The van der Waals surface area contributed by atoms with Crippen LogP contribution in [-0.4, -0.2) is 46.8 Å². The molecule has 1 atom stereocenters. The molecule has 0 N–H and O–H groups in total. The van der Waals surface area contributed by atoms with Crippen molar-refractivity contribution in [1.29, 1.82) is 0 Å². The van der Waals surface area contributed by atoms with E-state index in [1.54, 1.807) is 6.92 Å². The molecule has 1 amide bonds. The number of likely N-dealkylation sites (tertiary alicyclic amines) is 1. The monoisotopic (exact) mass is 468 g/mol. The minimum atomic E-state index is -0.556. The highest BCUT2D eigenvalue weighted by molar-refractivity contribution is 6.04. The Morgan fingerprint density at radius 1 is 1.15 bits per heavy atom. The Balaban J connectivity index is 1.83. The number of ether oxygens (including phenoxy) is 1. The van der Waals surface area contributed by atoms with Gasteiger partial charge in [-0.2, -0.15) is 0 Å². The number of aromatic nitrogens is 1. The number of Topliss-reactive ketones (excluding diaryl/α,β-unsaturated/α-hetero) is 1. The van der Waals surface area contributed by atoms with Crippen molar-refractivity contribution in [2.45, 2.75) is 46.5 Å². The topological polar surface area (TPSA) is 85.7 Å². The van der Waals surface area contributed by atoms with Gasteiger partial charge in [-0.1, -0.05) is 13.8 Å². The van der Waals surface area contributed by atoms with E-state index in [1.807, 2.05) is 13.8 Å². The predicted molar refractivity (Wildman–Crippen MR) is 124 cm³/mol. The van der Waals surface area contributed by atoms with E-state index in [4.69, 9.17) is 4.74 Å². The Morgan fingerprint density at radius 2 is 1.85 bits per heavy atom. The average Bonchev–Trinajstić information content (AvgIpc) is 2.79. The Bertz CT molecular complexity index is 1200. The maximum Gasteiger partial charge on any atom is 0.310 e. The Kier molecular flexibility index (Phi) is 6.43. The van der Waals surface area contributed by atoms with Gasteiger partial charge in [0, 0.05) is 37.0 Å². The van der Waals surface area contributed by atoms with Gasteiger partial charge in [0.2, 0.25) is 0 Å². The minimum Gasteiger partial charge on any atom is -0.466 e. The SMILES string of the molecule is CCOC(=O)C1CCCN(C(=O)c2c3c(cn(-c4ccc(F)cc4)c2=O)C(=O)CC(C)(C)C3)C1. The molecule has 4 rings (SSSR count). The molecule has 2 aromatic rings. The van der Waals surface area contributed by atoms with Crippen LogP contribution in [0.2, 0.25) is 0 Å². The van der Waals surface area contributed by atoms with Gasteiger partial charge in [0.15, 0.2) is 5.78 Å². The summed E-state index contributed by atoms with van der Waals surface area (Å²) in [6, 6.07) is 5.32. The summed E-state index contributed by atoms with van der Waals surface area (Å²) in [7, 11) is 0. The molecule has 1 fully saturated rings. The molecule has 0 spiro atoms. The number of ketones is 1. The quantitative estimate of drug-likeness (QED) is 0.641. The third-order valence-corrected chi connectivity index (χ3v) is 6.56. The molecule has 34 heavy (non-hydrogen) atoms. The van der Waals surface area contributed by atoms with Crippen molar-refractivity contribution in [3.05, 3.63) is 63.3 Å². The van der Waals surface area contributed by atoms with E-state index in [1.165, 1.54) is 39.9 Å². The molecule has 2 aliphatic rings. The van der Waals surface area contributed by atoms with Crippen LogP contribution in [0, 0.1) is 17.2 Å². The number of nitrogens with zero attached hydrogens (tertiary/aromatic N) is 2. The van der Waals surface area contributed by atoms with Gasteiger partial charge in [-0.3, -0.25) is 23.7 Å². The molecule has 0 bridgehead atoms. The van der Waals surface area contributed by atoms with Gasteiger partial charge in [0.25, 0.3) is 11.5 Å². The number of fused-ring (bicyclic) bond motifs is 1. The van der Waals surface area contributed by atoms with Crippen LogP contribution in [0.25, 0.3) is 5.69 Å². The fourth-order valence-electron chi connectivity index (χ4n) is 4.93. The van der Waals surface area contributed by atoms with Crippen LogP contribution in [0.5, 0.6) is 0 Å². The third kappa shape index (κ3) is 4.54. The summed E-state index contributed by atoms with van der Waals surface area (Å²) < 4.78 is 19.9. The molecule has 8 heteroatoms. The van der Waals surface area contributed by atoms with Crippen LogP contribution in [0.1, 0.15) is 66.3 Å². The number of hydrogen-bond donors (Lipinski definition) is 0. The summed E-state index contributed by atoms with van der Waals surface area (Å²) in [5, 5.41) is 0. The van der Waals surface area contributed by atoms with Gasteiger partial charge in [0.1, 0.15) is 11.4 Å². The fourth-order valence-corrected chi connectivity index (χ4v) is 4.93. The summed E-state index contributed by atoms with van der Waals surface area (Å²) in [5.74, 6) is -1.89. The van der Waals surface area contributed by atoms with Gasteiger partial charge < -0.3 is 9.64 Å².